The number of hydrogen-bond acceptors (Lipinski definition) is 7. The molecular weight excluding hydrogens is 380 g/mol. The van der Waals surface area contributed by atoms with Crippen LogP contribution in [0.1, 0.15) is 36.0 Å². The van der Waals surface area contributed by atoms with Crippen molar-refractivity contribution in [3.05, 3.63) is 84.5 Å². The number of aliphatic hydroxyl groups excluding tert-OH is 1. The molecule has 1 fully saturated rings. The number of benzene rings is 1. The number of aromatic nitrogens is 5. The molecule has 2 atom stereocenters. The second-order valence-electron chi connectivity index (χ2n) is 7.42. The molecule has 4 heterocycles. The summed E-state index contributed by atoms with van der Waals surface area (Å²) in [4.78, 5) is 6.46. The van der Waals surface area contributed by atoms with Gasteiger partial charge >= 0.3 is 0 Å². The van der Waals surface area contributed by atoms with E-state index in [2.05, 4.69) is 20.3 Å². The van der Waals surface area contributed by atoms with Crippen molar-refractivity contribution in [2.24, 2.45) is 0 Å². The Labute approximate surface area is 173 Å². The van der Waals surface area contributed by atoms with Crippen LogP contribution in [0.25, 0.3) is 11.3 Å². The van der Waals surface area contributed by atoms with Crippen LogP contribution in [0.4, 0.5) is 0 Å². The van der Waals surface area contributed by atoms with Crippen LogP contribution in [-0.4, -0.2) is 48.1 Å². The van der Waals surface area contributed by atoms with Crippen LogP contribution in [0.3, 0.4) is 0 Å². The van der Waals surface area contributed by atoms with Gasteiger partial charge in [0.25, 0.3) is 0 Å². The van der Waals surface area contributed by atoms with Crippen LogP contribution in [0.15, 0.2) is 71.6 Å². The molecule has 0 saturated carbocycles. The molecule has 4 aromatic rings. The number of aliphatic hydroxyl groups is 1. The monoisotopic (exact) mass is 402 g/mol. The summed E-state index contributed by atoms with van der Waals surface area (Å²) in [5.41, 5.74) is 3.12. The van der Waals surface area contributed by atoms with Crippen molar-refractivity contribution in [3.63, 3.8) is 0 Å². The van der Waals surface area contributed by atoms with E-state index >= 15 is 0 Å². The number of hydrogen-bond donors (Lipinski definition) is 1. The highest BCUT2D eigenvalue weighted by Crippen LogP contribution is 2.28. The average Bonchev–Trinajstić information content (AvgIpc) is 3.55. The van der Waals surface area contributed by atoms with Crippen molar-refractivity contribution >= 4 is 0 Å². The molecule has 5 rings (SSSR count). The summed E-state index contributed by atoms with van der Waals surface area (Å²) in [6.07, 6.45) is 5.82. The topological polar surface area (TPSA) is 93.1 Å². The Kier molecular flexibility index (Phi) is 5.08. The molecule has 0 aliphatic carbocycles. The third kappa shape index (κ3) is 3.87. The normalized spacial score (nSPS) is 18.0. The van der Waals surface area contributed by atoms with Crippen molar-refractivity contribution in [1.29, 1.82) is 0 Å². The third-order valence-corrected chi connectivity index (χ3v) is 5.40. The molecule has 1 saturated heterocycles. The minimum Gasteiger partial charge on any atom is -0.448 e. The maximum absolute atomic E-state index is 10.7. The van der Waals surface area contributed by atoms with Crippen molar-refractivity contribution in [2.45, 2.75) is 25.1 Å². The summed E-state index contributed by atoms with van der Waals surface area (Å²) in [5, 5.41) is 23.6. The smallest absolute Gasteiger partial charge is 0.200 e. The van der Waals surface area contributed by atoms with Crippen LogP contribution < -0.4 is 0 Å². The zero-order chi connectivity index (χ0) is 20.3. The lowest BCUT2D eigenvalue weighted by Crippen LogP contribution is -2.27. The Morgan fingerprint density at radius 3 is 2.77 bits per heavy atom. The molecule has 0 spiro atoms. The molecule has 2 unspecified atom stereocenters. The standard InChI is InChI=1S/C22H22N6O2/c29-22(27-12-9-18(14-27)28-11-4-10-23-28)20-15-30-21(24-20)13-17-7-8-19(26-25-17)16-5-2-1-3-6-16/h1-8,10-11,15,18,22,29H,9,12-14H2. The number of likely N-dealkylation sites (tertiary alicyclic amines) is 1. The van der Waals surface area contributed by atoms with E-state index in [1.165, 1.54) is 6.26 Å². The minimum absolute atomic E-state index is 0.263. The first-order valence-corrected chi connectivity index (χ1v) is 10.00. The van der Waals surface area contributed by atoms with Crippen LogP contribution >= 0.6 is 0 Å². The van der Waals surface area contributed by atoms with Gasteiger partial charge in [-0.05, 0) is 24.6 Å². The Morgan fingerprint density at radius 2 is 2.00 bits per heavy atom. The molecule has 152 valence electrons. The Bertz CT molecular complexity index is 1080. The first-order valence-electron chi connectivity index (χ1n) is 10.00. The highest BCUT2D eigenvalue weighted by atomic mass is 16.3. The van der Waals surface area contributed by atoms with Crippen molar-refractivity contribution in [1.82, 2.24) is 29.9 Å². The number of oxazole rings is 1. The molecule has 0 amide bonds. The zero-order valence-electron chi connectivity index (χ0n) is 16.4. The van der Waals surface area contributed by atoms with Gasteiger partial charge in [0, 0.05) is 31.0 Å². The SMILES string of the molecule is OC(c1coc(Cc2ccc(-c3ccccc3)nn2)n1)N1CCC(n2cccn2)C1. The van der Waals surface area contributed by atoms with E-state index < -0.39 is 6.23 Å². The second kappa shape index (κ2) is 8.17. The highest BCUT2D eigenvalue weighted by molar-refractivity contribution is 5.57. The Balaban J connectivity index is 1.22. The van der Waals surface area contributed by atoms with Gasteiger partial charge in [-0.1, -0.05) is 30.3 Å². The Hall–Kier alpha value is -3.36. The van der Waals surface area contributed by atoms with Gasteiger partial charge in [0.15, 0.2) is 12.1 Å². The van der Waals surface area contributed by atoms with Gasteiger partial charge in [-0.25, -0.2) is 4.98 Å². The first-order chi connectivity index (χ1) is 14.8. The largest absolute Gasteiger partial charge is 0.448 e. The maximum atomic E-state index is 10.7. The molecule has 0 radical (unpaired) electrons. The lowest BCUT2D eigenvalue weighted by molar-refractivity contribution is 0.0129. The van der Waals surface area contributed by atoms with Crippen LogP contribution in [0.2, 0.25) is 0 Å². The predicted octanol–water partition coefficient (Wildman–Crippen LogP) is 2.86. The van der Waals surface area contributed by atoms with E-state index in [0.29, 0.717) is 18.0 Å². The quantitative estimate of drug-likeness (QED) is 0.530. The van der Waals surface area contributed by atoms with E-state index in [-0.39, 0.29) is 6.04 Å². The Morgan fingerprint density at radius 1 is 1.10 bits per heavy atom. The zero-order valence-corrected chi connectivity index (χ0v) is 16.4. The van der Waals surface area contributed by atoms with Crippen LogP contribution in [0.5, 0.6) is 0 Å². The summed E-state index contributed by atoms with van der Waals surface area (Å²) < 4.78 is 7.52. The predicted molar refractivity (Wildman–Crippen MR) is 109 cm³/mol. The first kappa shape index (κ1) is 18.7. The summed E-state index contributed by atoms with van der Waals surface area (Å²) in [7, 11) is 0. The molecule has 3 aromatic heterocycles. The number of nitrogens with zero attached hydrogens (tertiary/aromatic N) is 6. The van der Waals surface area contributed by atoms with Crippen molar-refractivity contribution in [2.75, 3.05) is 13.1 Å². The van der Waals surface area contributed by atoms with Crippen LogP contribution in [-0.2, 0) is 6.42 Å². The fourth-order valence-electron chi connectivity index (χ4n) is 3.79. The summed E-state index contributed by atoms with van der Waals surface area (Å²) in [6.45, 7) is 1.50. The van der Waals surface area contributed by atoms with Gasteiger partial charge in [0.2, 0.25) is 0 Å². The fourth-order valence-corrected chi connectivity index (χ4v) is 3.79. The maximum Gasteiger partial charge on any atom is 0.200 e. The molecule has 1 aliphatic rings. The minimum atomic E-state index is -0.797. The van der Waals surface area contributed by atoms with E-state index in [0.717, 1.165) is 36.5 Å². The van der Waals surface area contributed by atoms with Gasteiger partial charge in [-0.2, -0.15) is 15.3 Å². The average molecular weight is 402 g/mol. The fraction of sp³-hybridized carbons (Fsp3) is 0.273. The van der Waals surface area contributed by atoms with E-state index in [1.54, 1.807) is 6.20 Å². The third-order valence-electron chi connectivity index (χ3n) is 5.40. The summed E-state index contributed by atoms with van der Waals surface area (Å²) in [6, 6.07) is 16.0. The highest BCUT2D eigenvalue weighted by Gasteiger charge is 2.30. The van der Waals surface area contributed by atoms with Crippen molar-refractivity contribution < 1.29 is 9.52 Å². The van der Waals surface area contributed by atoms with Crippen molar-refractivity contribution in [3.8, 4) is 11.3 Å². The lowest BCUT2D eigenvalue weighted by atomic mass is 10.1. The summed E-state index contributed by atoms with van der Waals surface area (Å²) >= 11 is 0. The molecule has 1 aromatic carbocycles. The second-order valence-corrected chi connectivity index (χ2v) is 7.42. The van der Waals surface area contributed by atoms with E-state index in [1.807, 2.05) is 64.3 Å². The van der Waals surface area contributed by atoms with Crippen LogP contribution in [0, 0.1) is 0 Å². The van der Waals surface area contributed by atoms with Gasteiger partial charge in [0.1, 0.15) is 12.0 Å². The van der Waals surface area contributed by atoms with Gasteiger partial charge < -0.3 is 9.52 Å². The van der Waals surface area contributed by atoms with E-state index in [9.17, 15) is 5.11 Å². The summed E-state index contributed by atoms with van der Waals surface area (Å²) in [5.74, 6) is 0.508. The number of rotatable bonds is 6. The van der Waals surface area contributed by atoms with Gasteiger partial charge in [0.05, 0.1) is 23.9 Å². The van der Waals surface area contributed by atoms with E-state index in [4.69, 9.17) is 4.42 Å². The molecule has 8 heteroatoms. The molecule has 8 nitrogen and oxygen atoms in total. The van der Waals surface area contributed by atoms with Gasteiger partial charge in [-0.3, -0.25) is 9.58 Å². The molecular formula is C22H22N6O2. The molecule has 0 bridgehead atoms. The molecule has 30 heavy (non-hydrogen) atoms. The molecule has 1 N–H and O–H groups in total. The molecule has 1 aliphatic heterocycles. The van der Waals surface area contributed by atoms with Gasteiger partial charge in [-0.15, -0.1) is 0 Å². The lowest BCUT2D eigenvalue weighted by Gasteiger charge is -2.20.